The Morgan fingerprint density at radius 3 is 2.67 bits per heavy atom. The zero-order valence-electron chi connectivity index (χ0n) is 11.3. The fraction of sp³-hybridized carbons (Fsp3) is 0.154. The first-order valence-electron chi connectivity index (χ1n) is 6.22. The summed E-state index contributed by atoms with van der Waals surface area (Å²) >= 11 is 3.42. The van der Waals surface area contributed by atoms with Crippen LogP contribution in [0.2, 0.25) is 0 Å². The molecule has 1 heterocycles. The van der Waals surface area contributed by atoms with Crippen molar-refractivity contribution in [2.24, 2.45) is 5.84 Å². The predicted octanol–water partition coefficient (Wildman–Crippen LogP) is 3.34. The van der Waals surface area contributed by atoms with Crippen LogP contribution in [0.3, 0.4) is 0 Å². The number of pyridine rings is 1. The highest BCUT2D eigenvalue weighted by Crippen LogP contribution is 2.27. The number of hydrazine groups is 1. The van der Waals surface area contributed by atoms with Crippen LogP contribution in [0.4, 0.5) is 23.0 Å². The Bertz CT molecular complexity index is 678. The Balaban J connectivity index is 2.39. The van der Waals surface area contributed by atoms with Crippen LogP contribution in [0.1, 0.15) is 12.5 Å². The number of rotatable bonds is 5. The Morgan fingerprint density at radius 2 is 2.05 bits per heavy atom. The molecule has 0 unspecified atom stereocenters. The van der Waals surface area contributed by atoms with Gasteiger partial charge in [0.2, 0.25) is 0 Å². The van der Waals surface area contributed by atoms with Crippen molar-refractivity contribution in [1.82, 2.24) is 4.98 Å². The lowest BCUT2D eigenvalue weighted by Gasteiger charge is -2.11. The van der Waals surface area contributed by atoms with Crippen LogP contribution < -0.4 is 16.6 Å². The third kappa shape index (κ3) is 3.67. The number of nitro groups is 1. The number of nitrogens with one attached hydrogen (secondary N) is 2. The van der Waals surface area contributed by atoms with Gasteiger partial charge in [0, 0.05) is 10.2 Å². The largest absolute Gasteiger partial charge is 0.340 e. The van der Waals surface area contributed by atoms with Gasteiger partial charge in [-0.3, -0.25) is 10.1 Å². The summed E-state index contributed by atoms with van der Waals surface area (Å²) in [6, 6.07) is 8.40. The van der Waals surface area contributed by atoms with Crippen molar-refractivity contribution >= 4 is 38.9 Å². The van der Waals surface area contributed by atoms with Crippen molar-refractivity contribution in [2.75, 3.05) is 10.7 Å². The summed E-state index contributed by atoms with van der Waals surface area (Å²) < 4.78 is 0.973. The van der Waals surface area contributed by atoms with Gasteiger partial charge in [-0.2, -0.15) is 0 Å². The van der Waals surface area contributed by atoms with Gasteiger partial charge in [-0.1, -0.05) is 22.9 Å². The molecule has 0 aliphatic heterocycles. The number of nitrogen functional groups attached to an aromatic ring is 1. The summed E-state index contributed by atoms with van der Waals surface area (Å²) in [5.74, 6) is 5.87. The lowest BCUT2D eigenvalue weighted by atomic mass is 10.1. The van der Waals surface area contributed by atoms with Crippen molar-refractivity contribution in [3.05, 3.63) is 50.5 Å². The SMILES string of the molecule is CCc1cc(Br)ccc1Nc1cc([N+](=O)[O-])cc(NN)n1. The number of hydrogen-bond acceptors (Lipinski definition) is 6. The first kappa shape index (κ1) is 15.2. The number of halogens is 1. The van der Waals surface area contributed by atoms with E-state index in [2.05, 4.69) is 31.7 Å². The number of nitrogens with zero attached hydrogens (tertiary/aromatic N) is 2. The van der Waals surface area contributed by atoms with Gasteiger partial charge in [-0.05, 0) is 30.2 Å². The average molecular weight is 352 g/mol. The van der Waals surface area contributed by atoms with E-state index in [-0.39, 0.29) is 11.5 Å². The van der Waals surface area contributed by atoms with Gasteiger partial charge in [0.15, 0.2) is 0 Å². The molecule has 21 heavy (non-hydrogen) atoms. The molecule has 4 N–H and O–H groups in total. The maximum atomic E-state index is 10.9. The van der Waals surface area contributed by atoms with Crippen LogP contribution in [0.5, 0.6) is 0 Å². The van der Waals surface area contributed by atoms with Crippen LogP contribution in [-0.4, -0.2) is 9.91 Å². The highest BCUT2D eigenvalue weighted by molar-refractivity contribution is 9.10. The Labute approximate surface area is 129 Å². The minimum atomic E-state index is -0.490. The zero-order chi connectivity index (χ0) is 15.4. The molecule has 2 rings (SSSR count). The van der Waals surface area contributed by atoms with Crippen LogP contribution >= 0.6 is 15.9 Å². The Kier molecular flexibility index (Phi) is 4.71. The number of aryl methyl sites for hydroxylation is 1. The third-order valence-electron chi connectivity index (χ3n) is 2.88. The molecule has 1 aromatic heterocycles. The maximum absolute atomic E-state index is 10.9. The molecule has 0 aliphatic rings. The van der Waals surface area contributed by atoms with Gasteiger partial charge < -0.3 is 10.7 Å². The molecule has 0 saturated heterocycles. The molecule has 1 aromatic carbocycles. The number of hydrogen-bond donors (Lipinski definition) is 3. The summed E-state index contributed by atoms with van der Waals surface area (Å²) in [5, 5.41) is 14.0. The van der Waals surface area contributed by atoms with Gasteiger partial charge in [0.25, 0.3) is 5.69 Å². The van der Waals surface area contributed by atoms with Crippen LogP contribution in [0.15, 0.2) is 34.8 Å². The molecule has 7 nitrogen and oxygen atoms in total. The molecule has 0 fully saturated rings. The molecule has 0 atom stereocenters. The molecule has 0 aliphatic carbocycles. The van der Waals surface area contributed by atoms with E-state index >= 15 is 0 Å². The van der Waals surface area contributed by atoms with E-state index in [0.717, 1.165) is 22.1 Å². The second kappa shape index (κ2) is 6.51. The van der Waals surface area contributed by atoms with Gasteiger partial charge in [0.1, 0.15) is 11.6 Å². The topological polar surface area (TPSA) is 106 Å². The van der Waals surface area contributed by atoms with E-state index in [0.29, 0.717) is 5.82 Å². The smallest absolute Gasteiger partial charge is 0.276 e. The summed E-state index contributed by atoms with van der Waals surface area (Å²) in [6.45, 7) is 2.03. The normalized spacial score (nSPS) is 10.2. The van der Waals surface area contributed by atoms with Gasteiger partial charge in [0.05, 0.1) is 17.1 Å². The highest BCUT2D eigenvalue weighted by atomic mass is 79.9. The number of aromatic nitrogens is 1. The Morgan fingerprint density at radius 1 is 1.33 bits per heavy atom. The average Bonchev–Trinajstić information content (AvgIpc) is 2.48. The molecular weight excluding hydrogens is 338 g/mol. The minimum absolute atomic E-state index is 0.0874. The second-order valence-corrected chi connectivity index (χ2v) is 5.19. The lowest BCUT2D eigenvalue weighted by Crippen LogP contribution is -2.10. The molecule has 0 bridgehead atoms. The van der Waals surface area contributed by atoms with E-state index in [1.807, 2.05) is 25.1 Å². The predicted molar refractivity (Wildman–Crippen MR) is 85.5 cm³/mol. The monoisotopic (exact) mass is 351 g/mol. The van der Waals surface area contributed by atoms with E-state index < -0.39 is 4.92 Å². The first-order valence-corrected chi connectivity index (χ1v) is 7.01. The minimum Gasteiger partial charge on any atom is -0.340 e. The number of benzene rings is 1. The summed E-state index contributed by atoms with van der Waals surface area (Å²) in [7, 11) is 0. The quantitative estimate of drug-likeness (QED) is 0.433. The lowest BCUT2D eigenvalue weighted by molar-refractivity contribution is -0.384. The molecule has 0 saturated carbocycles. The summed E-state index contributed by atoms with van der Waals surface area (Å²) in [4.78, 5) is 14.6. The molecular formula is C13H14BrN5O2. The van der Waals surface area contributed by atoms with Crippen molar-refractivity contribution < 1.29 is 4.92 Å². The third-order valence-corrected chi connectivity index (χ3v) is 3.37. The summed E-state index contributed by atoms with van der Waals surface area (Å²) in [6.07, 6.45) is 0.818. The van der Waals surface area contributed by atoms with E-state index in [1.165, 1.54) is 12.1 Å². The molecule has 0 radical (unpaired) electrons. The molecule has 0 amide bonds. The van der Waals surface area contributed by atoms with E-state index in [4.69, 9.17) is 5.84 Å². The number of nitrogens with two attached hydrogens (primary N) is 1. The van der Waals surface area contributed by atoms with E-state index in [9.17, 15) is 10.1 Å². The molecule has 110 valence electrons. The molecule has 0 spiro atoms. The summed E-state index contributed by atoms with van der Waals surface area (Å²) in [5.41, 5.74) is 4.15. The first-order chi connectivity index (χ1) is 10.0. The second-order valence-electron chi connectivity index (χ2n) is 4.28. The van der Waals surface area contributed by atoms with E-state index in [1.54, 1.807) is 0 Å². The van der Waals surface area contributed by atoms with Crippen molar-refractivity contribution in [1.29, 1.82) is 0 Å². The fourth-order valence-corrected chi connectivity index (χ4v) is 2.28. The standard InChI is InChI=1S/C13H14BrN5O2/c1-2-8-5-9(14)3-4-11(8)16-12-6-10(19(20)21)7-13(17-12)18-15/h3-7H,2,15H2,1H3,(H2,16,17,18). The van der Waals surface area contributed by atoms with Crippen molar-refractivity contribution in [2.45, 2.75) is 13.3 Å². The maximum Gasteiger partial charge on any atom is 0.276 e. The van der Waals surface area contributed by atoms with Crippen molar-refractivity contribution in [3.63, 3.8) is 0 Å². The van der Waals surface area contributed by atoms with Crippen molar-refractivity contribution in [3.8, 4) is 0 Å². The molecule has 8 heteroatoms. The van der Waals surface area contributed by atoms with Crippen LogP contribution in [0.25, 0.3) is 0 Å². The van der Waals surface area contributed by atoms with Gasteiger partial charge in [-0.25, -0.2) is 10.8 Å². The van der Waals surface area contributed by atoms with Crippen LogP contribution in [0, 0.1) is 10.1 Å². The molecule has 2 aromatic rings. The van der Waals surface area contributed by atoms with Gasteiger partial charge in [-0.15, -0.1) is 0 Å². The van der Waals surface area contributed by atoms with Gasteiger partial charge >= 0.3 is 0 Å². The fourth-order valence-electron chi connectivity index (χ4n) is 1.87. The Hall–Kier alpha value is -2.19. The highest BCUT2D eigenvalue weighted by Gasteiger charge is 2.12. The van der Waals surface area contributed by atoms with Crippen LogP contribution in [-0.2, 0) is 6.42 Å². The zero-order valence-corrected chi connectivity index (χ0v) is 12.8. The number of anilines is 3.